The summed E-state index contributed by atoms with van der Waals surface area (Å²) in [5.41, 5.74) is 1.39. The molecule has 1 saturated heterocycles. The lowest BCUT2D eigenvalue weighted by atomic mass is 10.1. The maximum atomic E-state index is 6.13. The Hall–Kier alpha value is -1.55. The van der Waals surface area contributed by atoms with E-state index < -0.39 is 0 Å². The summed E-state index contributed by atoms with van der Waals surface area (Å²) in [7, 11) is 1.90. The zero-order valence-corrected chi connectivity index (χ0v) is 16.2. The minimum atomic E-state index is -0.0502. The highest BCUT2D eigenvalue weighted by Gasteiger charge is 2.38. The molecule has 0 radical (unpaired) electrons. The number of guanidine groups is 1. The van der Waals surface area contributed by atoms with Crippen LogP contribution in [0.15, 0.2) is 35.3 Å². The molecule has 25 heavy (non-hydrogen) atoms. The molecule has 0 bridgehead atoms. The minimum absolute atomic E-state index is 0.0502. The van der Waals surface area contributed by atoms with E-state index in [1.807, 2.05) is 7.05 Å². The summed E-state index contributed by atoms with van der Waals surface area (Å²) in [5, 5.41) is 3.68. The fourth-order valence-corrected chi connectivity index (χ4v) is 3.72. The number of hydrogen-bond acceptors (Lipinski definition) is 2. The lowest BCUT2D eigenvalue weighted by molar-refractivity contribution is -0.0772. The number of hydrogen-bond donors (Lipinski definition) is 1. The molecule has 1 aliphatic heterocycles. The number of aliphatic imine (C=N–C) groups is 1. The number of benzene rings is 1. The first-order valence-corrected chi connectivity index (χ1v) is 9.64. The molecule has 1 aliphatic carbocycles. The van der Waals surface area contributed by atoms with Crippen LogP contribution >= 0.6 is 0 Å². The van der Waals surface area contributed by atoms with Gasteiger partial charge >= 0.3 is 0 Å². The van der Waals surface area contributed by atoms with E-state index in [2.05, 4.69) is 66.3 Å². The fraction of sp³-hybridized carbons (Fsp3) is 0.667. The molecule has 1 saturated carbocycles. The van der Waals surface area contributed by atoms with E-state index >= 15 is 0 Å². The first-order chi connectivity index (χ1) is 11.9. The molecule has 2 unspecified atom stereocenters. The topological polar surface area (TPSA) is 36.9 Å². The molecule has 1 aromatic carbocycles. The number of likely N-dealkylation sites (tertiary alicyclic amines) is 1. The highest BCUT2D eigenvalue weighted by atomic mass is 16.5. The van der Waals surface area contributed by atoms with Crippen LogP contribution in [-0.2, 0) is 11.2 Å². The number of rotatable bonds is 4. The quantitative estimate of drug-likeness (QED) is 0.672. The second-order valence-corrected chi connectivity index (χ2v) is 8.40. The van der Waals surface area contributed by atoms with E-state index in [1.165, 1.54) is 12.0 Å². The van der Waals surface area contributed by atoms with Crippen LogP contribution in [0.3, 0.4) is 0 Å². The Balaban J connectivity index is 1.44. The van der Waals surface area contributed by atoms with Gasteiger partial charge in [-0.1, -0.05) is 30.3 Å². The summed E-state index contributed by atoms with van der Waals surface area (Å²) in [5.74, 6) is 1.80. The third-order valence-corrected chi connectivity index (χ3v) is 5.05. The molecule has 2 fully saturated rings. The Morgan fingerprint density at radius 2 is 1.88 bits per heavy atom. The van der Waals surface area contributed by atoms with Crippen molar-refractivity contribution in [3.05, 3.63) is 35.9 Å². The minimum Gasteiger partial charge on any atom is -0.372 e. The molecular weight excluding hydrogens is 310 g/mol. The van der Waals surface area contributed by atoms with Gasteiger partial charge in [0.05, 0.1) is 11.7 Å². The third-order valence-electron chi connectivity index (χ3n) is 5.05. The van der Waals surface area contributed by atoms with Gasteiger partial charge in [-0.25, -0.2) is 0 Å². The summed E-state index contributed by atoms with van der Waals surface area (Å²) in [6.07, 6.45) is 4.95. The molecular formula is C21H33N3O. The molecule has 1 aromatic rings. The highest BCUT2D eigenvalue weighted by molar-refractivity contribution is 5.80. The Morgan fingerprint density at radius 1 is 1.20 bits per heavy atom. The van der Waals surface area contributed by atoms with Gasteiger partial charge in [0.15, 0.2) is 5.96 Å². The molecule has 4 heteroatoms. The molecule has 138 valence electrons. The summed E-state index contributed by atoms with van der Waals surface area (Å²) < 4.78 is 6.13. The van der Waals surface area contributed by atoms with Crippen molar-refractivity contribution in [2.45, 2.75) is 64.2 Å². The van der Waals surface area contributed by atoms with Crippen LogP contribution in [0.2, 0.25) is 0 Å². The van der Waals surface area contributed by atoms with Crippen molar-refractivity contribution in [3.63, 3.8) is 0 Å². The van der Waals surface area contributed by atoms with E-state index in [0.717, 1.165) is 44.2 Å². The van der Waals surface area contributed by atoms with Crippen molar-refractivity contribution in [1.82, 2.24) is 10.2 Å². The van der Waals surface area contributed by atoms with Gasteiger partial charge in [-0.15, -0.1) is 0 Å². The van der Waals surface area contributed by atoms with Gasteiger partial charge in [0.25, 0.3) is 0 Å². The van der Waals surface area contributed by atoms with Crippen molar-refractivity contribution < 1.29 is 4.74 Å². The Kier molecular flexibility index (Phi) is 5.67. The largest absolute Gasteiger partial charge is 0.372 e. The van der Waals surface area contributed by atoms with Gasteiger partial charge in [0, 0.05) is 26.2 Å². The second kappa shape index (κ2) is 7.77. The van der Waals surface area contributed by atoms with Crippen LogP contribution in [0.5, 0.6) is 0 Å². The molecule has 3 rings (SSSR count). The van der Waals surface area contributed by atoms with Crippen molar-refractivity contribution in [2.24, 2.45) is 10.9 Å². The molecule has 0 amide bonds. The van der Waals surface area contributed by atoms with E-state index in [1.54, 1.807) is 0 Å². The third kappa shape index (κ3) is 5.46. The fourth-order valence-electron chi connectivity index (χ4n) is 3.72. The second-order valence-electron chi connectivity index (χ2n) is 8.40. The molecule has 2 atom stereocenters. The number of nitrogens with zero attached hydrogens (tertiary/aromatic N) is 2. The Bertz CT molecular complexity index is 571. The molecule has 0 aromatic heterocycles. The summed E-state index contributed by atoms with van der Waals surface area (Å²) in [6, 6.07) is 11.4. The highest BCUT2D eigenvalue weighted by Crippen LogP contribution is 2.34. The average Bonchev–Trinajstić information content (AvgIpc) is 3.30. The standard InChI is InChI=1S/C21H33N3O/c1-21(2,3)25-18-10-12-24(13-11-18)20(22-4)23-19-15-17(19)14-16-8-6-5-7-9-16/h5-9,17-19H,10-15H2,1-4H3,(H,22,23). The number of nitrogens with one attached hydrogen (secondary N) is 1. The van der Waals surface area contributed by atoms with Gasteiger partial charge < -0.3 is 15.0 Å². The van der Waals surface area contributed by atoms with Crippen molar-refractivity contribution in [3.8, 4) is 0 Å². The van der Waals surface area contributed by atoms with Crippen molar-refractivity contribution in [2.75, 3.05) is 20.1 Å². The lowest BCUT2D eigenvalue weighted by Crippen LogP contribution is -2.48. The van der Waals surface area contributed by atoms with Crippen LogP contribution in [0.25, 0.3) is 0 Å². The van der Waals surface area contributed by atoms with Gasteiger partial charge in [0.1, 0.15) is 0 Å². The molecule has 1 N–H and O–H groups in total. The molecule has 1 heterocycles. The predicted molar refractivity (Wildman–Crippen MR) is 104 cm³/mol. The maximum Gasteiger partial charge on any atom is 0.193 e. The van der Waals surface area contributed by atoms with Crippen molar-refractivity contribution >= 4 is 5.96 Å². The predicted octanol–water partition coefficient (Wildman–Crippen LogP) is 3.47. The first kappa shape index (κ1) is 18.2. The molecule has 0 spiro atoms. The van der Waals surface area contributed by atoms with Gasteiger partial charge in [0.2, 0.25) is 0 Å². The Morgan fingerprint density at radius 3 is 2.48 bits per heavy atom. The van der Waals surface area contributed by atoms with Gasteiger partial charge in [-0.05, 0) is 57.9 Å². The maximum absolute atomic E-state index is 6.13. The summed E-state index contributed by atoms with van der Waals surface area (Å²) >= 11 is 0. The number of ether oxygens (including phenoxy) is 1. The van der Waals surface area contributed by atoms with Crippen molar-refractivity contribution in [1.29, 1.82) is 0 Å². The Labute approximate surface area is 152 Å². The van der Waals surface area contributed by atoms with Crippen LogP contribution in [0.4, 0.5) is 0 Å². The average molecular weight is 344 g/mol. The SMILES string of the molecule is CN=C(NC1CC1Cc1ccccc1)N1CCC(OC(C)(C)C)CC1. The number of piperidine rings is 1. The molecule has 4 nitrogen and oxygen atoms in total. The van der Waals surface area contributed by atoms with E-state index in [4.69, 9.17) is 4.74 Å². The normalized spacial score (nSPS) is 25.1. The van der Waals surface area contributed by atoms with E-state index in [0.29, 0.717) is 12.1 Å². The van der Waals surface area contributed by atoms with Crippen LogP contribution < -0.4 is 5.32 Å². The monoisotopic (exact) mass is 343 g/mol. The van der Waals surface area contributed by atoms with Gasteiger partial charge in [-0.3, -0.25) is 4.99 Å². The zero-order valence-electron chi connectivity index (χ0n) is 16.2. The summed E-state index contributed by atoms with van der Waals surface area (Å²) in [4.78, 5) is 6.91. The lowest BCUT2D eigenvalue weighted by Gasteiger charge is -2.37. The van der Waals surface area contributed by atoms with Crippen LogP contribution in [0, 0.1) is 5.92 Å². The molecule has 2 aliphatic rings. The van der Waals surface area contributed by atoms with Gasteiger partial charge in [-0.2, -0.15) is 0 Å². The van der Waals surface area contributed by atoms with E-state index in [-0.39, 0.29) is 5.60 Å². The summed E-state index contributed by atoms with van der Waals surface area (Å²) in [6.45, 7) is 8.46. The van der Waals surface area contributed by atoms with Crippen LogP contribution in [-0.4, -0.2) is 48.7 Å². The smallest absolute Gasteiger partial charge is 0.193 e. The van der Waals surface area contributed by atoms with Crippen LogP contribution in [0.1, 0.15) is 45.6 Å². The first-order valence-electron chi connectivity index (χ1n) is 9.64. The van der Waals surface area contributed by atoms with E-state index in [9.17, 15) is 0 Å². The zero-order chi connectivity index (χ0) is 17.9.